The van der Waals surface area contributed by atoms with Crippen molar-refractivity contribution < 1.29 is 69.4 Å². The molecule has 56 valence electrons. The van der Waals surface area contributed by atoms with Crippen LogP contribution < -0.4 is 51.4 Å². The van der Waals surface area contributed by atoms with Crippen molar-refractivity contribution in [2.24, 2.45) is 0 Å². The van der Waals surface area contributed by atoms with Gasteiger partial charge in [-0.15, -0.1) is 11.6 Å². The van der Waals surface area contributed by atoms with Crippen LogP contribution in [0.2, 0.25) is 0 Å². The maximum absolute atomic E-state index is 9.64. The Balaban J connectivity index is 0. The van der Waals surface area contributed by atoms with Gasteiger partial charge in [0.2, 0.25) is 0 Å². The standard InChI is InChI=1S/C3H7ClO4S.K/c4-1-3(5)2-8-9(6)7;/h3,5H,1-2H2,(H,6,7);/q;+1/p-1. The third-order valence-electron chi connectivity index (χ3n) is 0.535. The Bertz CT molecular complexity index is 103. The summed E-state index contributed by atoms with van der Waals surface area (Å²) in [7, 11) is 0. The van der Waals surface area contributed by atoms with Crippen LogP contribution in [0.25, 0.3) is 0 Å². The fraction of sp³-hybridized carbons (Fsp3) is 1.00. The zero-order valence-electron chi connectivity index (χ0n) is 5.45. The summed E-state index contributed by atoms with van der Waals surface area (Å²) in [6.07, 6.45) is -0.912. The summed E-state index contributed by atoms with van der Waals surface area (Å²) in [6, 6.07) is 0. The van der Waals surface area contributed by atoms with Crippen LogP contribution >= 0.6 is 11.6 Å². The van der Waals surface area contributed by atoms with E-state index in [1.54, 1.807) is 0 Å². The summed E-state index contributed by atoms with van der Waals surface area (Å²) in [5.41, 5.74) is 0. The first-order valence-corrected chi connectivity index (χ1v) is 3.67. The number of aliphatic hydroxyl groups excluding tert-OH is 1. The molecule has 0 aliphatic carbocycles. The molecule has 1 N–H and O–H groups in total. The van der Waals surface area contributed by atoms with Gasteiger partial charge >= 0.3 is 51.4 Å². The van der Waals surface area contributed by atoms with Crippen molar-refractivity contribution in [1.82, 2.24) is 0 Å². The molecule has 2 unspecified atom stereocenters. The minimum atomic E-state index is -2.56. The van der Waals surface area contributed by atoms with E-state index in [4.69, 9.17) is 16.7 Å². The molecule has 0 amide bonds. The average Bonchev–Trinajstić information content (AvgIpc) is 1.83. The van der Waals surface area contributed by atoms with Gasteiger partial charge in [0, 0.05) is 0 Å². The van der Waals surface area contributed by atoms with Gasteiger partial charge in [-0.2, -0.15) is 0 Å². The van der Waals surface area contributed by atoms with Gasteiger partial charge in [-0.3, -0.25) is 4.18 Å². The van der Waals surface area contributed by atoms with Crippen molar-refractivity contribution in [1.29, 1.82) is 0 Å². The smallest absolute Gasteiger partial charge is 0.750 e. The molecule has 0 aliphatic heterocycles. The summed E-state index contributed by atoms with van der Waals surface area (Å²) in [5, 5.41) is 8.58. The van der Waals surface area contributed by atoms with Crippen molar-refractivity contribution in [3.8, 4) is 0 Å². The number of rotatable bonds is 4. The van der Waals surface area contributed by atoms with Crippen LogP contribution in [0.4, 0.5) is 0 Å². The van der Waals surface area contributed by atoms with E-state index in [2.05, 4.69) is 4.18 Å². The van der Waals surface area contributed by atoms with E-state index < -0.39 is 17.5 Å². The molecule has 0 saturated carbocycles. The molecule has 2 atom stereocenters. The van der Waals surface area contributed by atoms with Gasteiger partial charge in [-0.1, -0.05) is 0 Å². The third kappa shape index (κ3) is 9.96. The normalized spacial score (nSPS) is 15.5. The Kier molecular flexibility index (Phi) is 13.1. The van der Waals surface area contributed by atoms with E-state index in [0.717, 1.165) is 0 Å². The molecular weight excluding hydrogens is 207 g/mol. The van der Waals surface area contributed by atoms with Crippen LogP contribution in [0.3, 0.4) is 0 Å². The Morgan fingerprint density at radius 3 is 2.60 bits per heavy atom. The number of aliphatic hydroxyl groups is 1. The fourth-order valence-electron chi connectivity index (χ4n) is 0.179. The monoisotopic (exact) mass is 212 g/mol. The molecule has 0 heterocycles. The molecule has 0 aromatic rings. The van der Waals surface area contributed by atoms with Crippen molar-refractivity contribution in [3.63, 3.8) is 0 Å². The van der Waals surface area contributed by atoms with Crippen LogP contribution in [-0.4, -0.2) is 32.5 Å². The molecule has 7 heteroatoms. The van der Waals surface area contributed by atoms with Gasteiger partial charge in [-0.25, -0.2) is 4.21 Å². The maximum atomic E-state index is 9.64. The first-order valence-electron chi connectivity index (χ1n) is 2.13. The van der Waals surface area contributed by atoms with Crippen molar-refractivity contribution >= 4 is 23.0 Å². The van der Waals surface area contributed by atoms with Crippen molar-refractivity contribution in [2.45, 2.75) is 6.10 Å². The second-order valence-corrected chi connectivity index (χ2v) is 2.25. The molecule has 0 aromatic heterocycles. The molecule has 4 nitrogen and oxygen atoms in total. The predicted molar refractivity (Wildman–Crippen MR) is 31.6 cm³/mol. The van der Waals surface area contributed by atoms with E-state index >= 15 is 0 Å². The molecule has 0 radical (unpaired) electrons. The molecule has 0 spiro atoms. The Hall–Kier alpha value is 1.96. The number of alkyl halides is 1. The van der Waals surface area contributed by atoms with E-state index in [1.165, 1.54) is 0 Å². The van der Waals surface area contributed by atoms with E-state index in [1.807, 2.05) is 0 Å². The fourth-order valence-corrected chi connectivity index (χ4v) is 0.536. The van der Waals surface area contributed by atoms with Gasteiger partial charge in [0.1, 0.15) is 0 Å². The molecule has 0 saturated heterocycles. The number of hydrogen-bond donors (Lipinski definition) is 1. The zero-order valence-corrected chi connectivity index (χ0v) is 10.1. The van der Waals surface area contributed by atoms with Crippen LogP contribution in [0, 0.1) is 0 Å². The number of halogens is 1. The second-order valence-electron chi connectivity index (χ2n) is 1.30. The predicted octanol–water partition coefficient (Wildman–Crippen LogP) is -3.60. The van der Waals surface area contributed by atoms with E-state index in [9.17, 15) is 8.76 Å². The van der Waals surface area contributed by atoms with Gasteiger partial charge in [-0.05, 0) is 0 Å². The summed E-state index contributed by atoms with van der Waals surface area (Å²) < 4.78 is 23.3. The summed E-state index contributed by atoms with van der Waals surface area (Å²) in [5.74, 6) is -0.0306. The van der Waals surface area contributed by atoms with Crippen molar-refractivity contribution in [3.05, 3.63) is 0 Å². The molecule has 0 fully saturated rings. The minimum Gasteiger partial charge on any atom is -0.750 e. The van der Waals surface area contributed by atoms with Crippen LogP contribution in [0.15, 0.2) is 0 Å². The quantitative estimate of drug-likeness (QED) is 0.297. The van der Waals surface area contributed by atoms with Crippen LogP contribution in [0.5, 0.6) is 0 Å². The van der Waals surface area contributed by atoms with E-state index in [-0.39, 0.29) is 63.9 Å². The first kappa shape index (κ1) is 14.5. The maximum Gasteiger partial charge on any atom is 1.00 e. The second kappa shape index (κ2) is 9.05. The van der Waals surface area contributed by atoms with Crippen LogP contribution in [-0.2, 0) is 15.5 Å². The molecule has 0 aliphatic rings. The number of hydrogen-bond acceptors (Lipinski definition) is 4. The summed E-state index contributed by atoms with van der Waals surface area (Å²) in [6.45, 7) is -0.278. The zero-order chi connectivity index (χ0) is 7.28. The van der Waals surface area contributed by atoms with Gasteiger partial charge < -0.3 is 9.66 Å². The minimum absolute atomic E-state index is 0. The first-order chi connectivity index (χ1) is 4.16. The topological polar surface area (TPSA) is 69.6 Å². The SMILES string of the molecule is O=S([O-])OCC(O)CCl.[K+]. The molecule has 10 heavy (non-hydrogen) atoms. The Morgan fingerprint density at radius 2 is 2.30 bits per heavy atom. The Labute approximate surface area is 109 Å². The molecule has 0 bridgehead atoms. The van der Waals surface area contributed by atoms with E-state index in [0.29, 0.717) is 0 Å². The molecule has 0 rings (SSSR count). The van der Waals surface area contributed by atoms with Gasteiger partial charge in [0.05, 0.1) is 30.0 Å². The summed E-state index contributed by atoms with van der Waals surface area (Å²) in [4.78, 5) is 0. The molecular formula is C3H6ClKO4S. The van der Waals surface area contributed by atoms with Gasteiger partial charge in [0.15, 0.2) is 0 Å². The van der Waals surface area contributed by atoms with Crippen molar-refractivity contribution in [2.75, 3.05) is 12.5 Å². The largest absolute Gasteiger partial charge is 1.00 e. The summed E-state index contributed by atoms with van der Waals surface area (Å²) >= 11 is 2.55. The van der Waals surface area contributed by atoms with Gasteiger partial charge in [0.25, 0.3) is 0 Å². The van der Waals surface area contributed by atoms with Crippen LogP contribution in [0.1, 0.15) is 0 Å². The third-order valence-corrected chi connectivity index (χ3v) is 1.22. The Morgan fingerprint density at radius 1 is 1.80 bits per heavy atom. The average molecular weight is 213 g/mol. The molecule has 0 aromatic carbocycles.